The Morgan fingerprint density at radius 3 is 2.14 bits per heavy atom. The molecule has 0 aliphatic heterocycles. The van der Waals surface area contributed by atoms with Gasteiger partial charge in [-0.25, -0.2) is 4.79 Å². The van der Waals surface area contributed by atoms with E-state index in [-0.39, 0.29) is 0 Å². The van der Waals surface area contributed by atoms with Crippen molar-refractivity contribution in [1.29, 1.82) is 0 Å². The van der Waals surface area contributed by atoms with Gasteiger partial charge in [0.15, 0.2) is 0 Å². The molecule has 0 spiro atoms. The number of amides is 1. The summed E-state index contributed by atoms with van der Waals surface area (Å²) in [6.07, 6.45) is 0.197. The van der Waals surface area contributed by atoms with Crippen LogP contribution in [0.5, 0.6) is 5.75 Å². The lowest BCUT2D eigenvalue weighted by molar-refractivity contribution is -0.117. The van der Waals surface area contributed by atoms with Crippen molar-refractivity contribution >= 4 is 12.4 Å². The van der Waals surface area contributed by atoms with Crippen molar-refractivity contribution in [3.05, 3.63) is 29.8 Å². The number of rotatable bonds is 5. The van der Waals surface area contributed by atoms with Crippen LogP contribution in [-0.4, -0.2) is 36.5 Å². The van der Waals surface area contributed by atoms with Gasteiger partial charge in [0.1, 0.15) is 23.2 Å². The van der Waals surface area contributed by atoms with E-state index >= 15 is 0 Å². The summed E-state index contributed by atoms with van der Waals surface area (Å²) in [7, 11) is 1.55. The van der Waals surface area contributed by atoms with Gasteiger partial charge in [0, 0.05) is 7.05 Å². The number of benzene rings is 1. The van der Waals surface area contributed by atoms with E-state index in [2.05, 4.69) is 0 Å². The molecule has 1 unspecified atom stereocenters. The maximum absolute atomic E-state index is 12.2. The molecule has 1 atom stereocenters. The van der Waals surface area contributed by atoms with Gasteiger partial charge >= 0.3 is 6.09 Å². The Labute approximate surface area is 132 Å². The summed E-state index contributed by atoms with van der Waals surface area (Å²) in [5.41, 5.74) is -1.03. The maximum atomic E-state index is 12.2. The minimum Gasteiger partial charge on any atom is -0.494 e. The van der Waals surface area contributed by atoms with Gasteiger partial charge in [0.05, 0.1) is 6.61 Å². The van der Waals surface area contributed by atoms with Crippen molar-refractivity contribution in [2.24, 2.45) is 0 Å². The third kappa shape index (κ3) is 4.23. The van der Waals surface area contributed by atoms with Gasteiger partial charge in [0.2, 0.25) is 0 Å². The van der Waals surface area contributed by atoms with Crippen LogP contribution in [0.2, 0.25) is 0 Å². The molecular weight excluding hydrogens is 282 g/mol. The molecule has 0 aliphatic carbocycles. The smallest absolute Gasteiger partial charge is 0.411 e. The second-order valence-electron chi connectivity index (χ2n) is 6.26. The number of carbonyl (C=O) groups excluding carboxylic acids is 2. The molecule has 0 saturated carbocycles. The average Bonchev–Trinajstić information content (AvgIpc) is 2.45. The molecule has 122 valence electrons. The second-order valence-corrected chi connectivity index (χ2v) is 6.26. The van der Waals surface area contributed by atoms with E-state index in [1.807, 2.05) is 6.92 Å². The molecule has 5 nitrogen and oxygen atoms in total. The summed E-state index contributed by atoms with van der Waals surface area (Å²) >= 11 is 0. The first kappa shape index (κ1) is 18.0. The zero-order chi connectivity index (χ0) is 17.0. The number of hydrogen-bond donors (Lipinski definition) is 0. The number of ether oxygens (including phenoxy) is 2. The van der Waals surface area contributed by atoms with Gasteiger partial charge in [-0.15, -0.1) is 0 Å². The van der Waals surface area contributed by atoms with Crippen molar-refractivity contribution < 1.29 is 19.1 Å². The molecule has 1 amide bonds. The molecular formula is C17H25NO4. The number of carbonyl (C=O) groups is 2. The van der Waals surface area contributed by atoms with Gasteiger partial charge in [-0.2, -0.15) is 0 Å². The van der Waals surface area contributed by atoms with Crippen LogP contribution in [0, 0.1) is 0 Å². The highest BCUT2D eigenvalue weighted by Crippen LogP contribution is 2.28. The first-order chi connectivity index (χ1) is 10.1. The lowest BCUT2D eigenvalue weighted by Gasteiger charge is -2.35. The Hall–Kier alpha value is -2.04. The van der Waals surface area contributed by atoms with Crippen molar-refractivity contribution in [3.63, 3.8) is 0 Å². The van der Waals surface area contributed by atoms with Crippen LogP contribution in [0.1, 0.15) is 40.2 Å². The summed E-state index contributed by atoms with van der Waals surface area (Å²) < 4.78 is 10.7. The quantitative estimate of drug-likeness (QED) is 0.783. The molecule has 0 bridgehead atoms. The lowest BCUT2D eigenvalue weighted by atomic mass is 9.92. The predicted molar refractivity (Wildman–Crippen MR) is 85.0 cm³/mol. The Morgan fingerprint density at radius 1 is 1.18 bits per heavy atom. The fourth-order valence-electron chi connectivity index (χ4n) is 1.92. The average molecular weight is 307 g/mol. The highest BCUT2D eigenvalue weighted by Gasteiger charge is 2.36. The van der Waals surface area contributed by atoms with Crippen LogP contribution in [0.25, 0.3) is 0 Å². The zero-order valence-corrected chi connectivity index (χ0v) is 14.2. The van der Waals surface area contributed by atoms with E-state index in [0.29, 0.717) is 12.2 Å². The number of aldehydes is 1. The van der Waals surface area contributed by atoms with Crippen LogP contribution in [-0.2, 0) is 15.1 Å². The van der Waals surface area contributed by atoms with Crippen molar-refractivity contribution in [2.75, 3.05) is 13.7 Å². The normalized spacial score (nSPS) is 13.9. The van der Waals surface area contributed by atoms with E-state index in [1.54, 1.807) is 59.0 Å². The van der Waals surface area contributed by atoms with Gasteiger partial charge in [0.25, 0.3) is 0 Å². The molecule has 1 rings (SSSR count). The third-order valence-electron chi connectivity index (χ3n) is 3.34. The zero-order valence-electron chi connectivity index (χ0n) is 14.2. The monoisotopic (exact) mass is 307 g/mol. The van der Waals surface area contributed by atoms with Crippen LogP contribution in [0.4, 0.5) is 4.79 Å². The van der Waals surface area contributed by atoms with Gasteiger partial charge in [-0.3, -0.25) is 4.90 Å². The van der Waals surface area contributed by atoms with Crippen LogP contribution >= 0.6 is 0 Å². The first-order valence-electron chi connectivity index (χ1n) is 7.30. The molecule has 0 radical (unpaired) electrons. The lowest BCUT2D eigenvalue weighted by Crippen LogP contribution is -2.48. The van der Waals surface area contributed by atoms with E-state index in [1.165, 1.54) is 4.90 Å². The topological polar surface area (TPSA) is 55.8 Å². The molecule has 1 aromatic rings. The second kappa shape index (κ2) is 6.81. The first-order valence-corrected chi connectivity index (χ1v) is 7.30. The summed E-state index contributed by atoms with van der Waals surface area (Å²) in [6.45, 7) is 9.51. The predicted octanol–water partition coefficient (Wildman–Crippen LogP) is 3.37. The Bertz CT molecular complexity index is 518. The Morgan fingerprint density at radius 2 is 1.73 bits per heavy atom. The van der Waals surface area contributed by atoms with E-state index in [9.17, 15) is 9.59 Å². The molecule has 0 N–H and O–H groups in total. The highest BCUT2D eigenvalue weighted by molar-refractivity contribution is 5.78. The summed E-state index contributed by atoms with van der Waals surface area (Å²) in [4.78, 5) is 25.2. The number of likely N-dealkylation sites (N-methyl/N-ethyl adjacent to an activating group) is 1. The molecule has 0 aromatic heterocycles. The fraction of sp³-hybridized carbons (Fsp3) is 0.529. The third-order valence-corrected chi connectivity index (χ3v) is 3.34. The molecule has 0 fully saturated rings. The fourth-order valence-corrected chi connectivity index (χ4v) is 1.92. The van der Waals surface area contributed by atoms with E-state index in [0.717, 1.165) is 12.0 Å². The minimum atomic E-state index is -1.10. The molecule has 0 aliphatic rings. The van der Waals surface area contributed by atoms with Crippen molar-refractivity contribution in [3.8, 4) is 5.75 Å². The van der Waals surface area contributed by atoms with Crippen LogP contribution < -0.4 is 4.74 Å². The van der Waals surface area contributed by atoms with Gasteiger partial charge in [-0.05, 0) is 52.3 Å². The van der Waals surface area contributed by atoms with Crippen molar-refractivity contribution in [2.45, 2.75) is 45.8 Å². The molecule has 5 heteroatoms. The SMILES string of the molecule is CCOc1ccc(C(C)(C=O)N(C)C(=O)OC(C)(C)C)cc1. The van der Waals surface area contributed by atoms with Crippen LogP contribution in [0.3, 0.4) is 0 Å². The van der Waals surface area contributed by atoms with Gasteiger partial charge in [-0.1, -0.05) is 12.1 Å². The molecule has 0 saturated heterocycles. The summed E-state index contributed by atoms with van der Waals surface area (Å²) in [5, 5.41) is 0. The summed E-state index contributed by atoms with van der Waals surface area (Å²) in [6, 6.07) is 7.12. The minimum absolute atomic E-state index is 0.545. The molecule has 1 aromatic carbocycles. The summed E-state index contributed by atoms with van der Waals surface area (Å²) in [5.74, 6) is 0.722. The Balaban J connectivity index is 3.04. The van der Waals surface area contributed by atoms with E-state index in [4.69, 9.17) is 9.47 Å². The highest BCUT2D eigenvalue weighted by atomic mass is 16.6. The maximum Gasteiger partial charge on any atom is 0.411 e. The number of hydrogen-bond acceptors (Lipinski definition) is 4. The van der Waals surface area contributed by atoms with Crippen LogP contribution in [0.15, 0.2) is 24.3 Å². The number of nitrogens with zero attached hydrogens (tertiary/aromatic N) is 1. The van der Waals surface area contributed by atoms with Crippen molar-refractivity contribution in [1.82, 2.24) is 4.90 Å². The van der Waals surface area contributed by atoms with E-state index < -0.39 is 17.2 Å². The molecule has 22 heavy (non-hydrogen) atoms. The largest absolute Gasteiger partial charge is 0.494 e. The Kier molecular flexibility index (Phi) is 5.58. The molecule has 0 heterocycles. The standard InChI is InChI=1S/C17H25NO4/c1-7-21-14-10-8-13(9-11-14)17(5,12-19)18(6)15(20)22-16(2,3)4/h8-12H,7H2,1-6H3. The van der Waals surface area contributed by atoms with Gasteiger partial charge < -0.3 is 14.3 Å².